The van der Waals surface area contributed by atoms with E-state index in [1.165, 1.54) is 0 Å². The number of ether oxygens (including phenoxy) is 1. The largest absolute Gasteiger partial charge is 0.444 e. The fraction of sp³-hybridized carbons (Fsp3) is 0.714. The van der Waals surface area contributed by atoms with Crippen LogP contribution in [0.3, 0.4) is 0 Å². The predicted molar refractivity (Wildman–Crippen MR) is 73.7 cm³/mol. The number of nitrogens with zero attached hydrogens (tertiary/aromatic N) is 2. The second kappa shape index (κ2) is 6.08. The Kier molecular flexibility index (Phi) is 4.97. The maximum atomic E-state index is 11.9. The predicted octanol–water partition coefficient (Wildman–Crippen LogP) is 1.89. The van der Waals surface area contributed by atoms with Crippen LogP contribution < -0.4 is 0 Å². The van der Waals surface area contributed by atoms with Crippen molar-refractivity contribution in [2.75, 3.05) is 27.2 Å². The third-order valence-corrected chi connectivity index (χ3v) is 2.78. The molecule has 0 aromatic rings. The van der Waals surface area contributed by atoms with E-state index < -0.39 is 5.60 Å². The van der Waals surface area contributed by atoms with Gasteiger partial charge < -0.3 is 14.5 Å². The Morgan fingerprint density at radius 3 is 2.47 bits per heavy atom. The normalized spacial score (nSPS) is 19.8. The fourth-order valence-electron chi connectivity index (χ4n) is 1.84. The molecule has 1 heterocycles. The molecule has 1 saturated heterocycles. The van der Waals surface area contributed by atoms with E-state index in [0.717, 1.165) is 0 Å². The van der Waals surface area contributed by atoms with Crippen molar-refractivity contribution in [1.82, 2.24) is 9.80 Å². The van der Waals surface area contributed by atoms with Gasteiger partial charge in [-0.25, -0.2) is 4.79 Å². The van der Waals surface area contributed by atoms with Crippen LogP contribution in [-0.4, -0.2) is 54.5 Å². The molecule has 0 aliphatic carbocycles. The summed E-state index contributed by atoms with van der Waals surface area (Å²) < 4.78 is 5.30. The zero-order valence-electron chi connectivity index (χ0n) is 12.5. The highest BCUT2D eigenvalue weighted by molar-refractivity contribution is 5.92. The van der Waals surface area contributed by atoms with E-state index in [-0.39, 0.29) is 17.8 Å². The van der Waals surface area contributed by atoms with Crippen LogP contribution >= 0.6 is 0 Å². The molecule has 0 N–H and O–H groups in total. The van der Waals surface area contributed by atoms with Gasteiger partial charge in [-0.3, -0.25) is 4.79 Å². The Balaban J connectivity index is 2.50. The van der Waals surface area contributed by atoms with E-state index in [9.17, 15) is 9.59 Å². The summed E-state index contributed by atoms with van der Waals surface area (Å²) in [6.07, 6.45) is 3.68. The topological polar surface area (TPSA) is 49.9 Å². The number of carbonyl (C=O) groups excluding carboxylic acids is 2. The van der Waals surface area contributed by atoms with Crippen LogP contribution in [0, 0.1) is 5.92 Å². The molecule has 108 valence electrons. The molecule has 0 bridgehead atoms. The Hall–Kier alpha value is -1.52. The average molecular weight is 268 g/mol. The minimum atomic E-state index is -0.496. The lowest BCUT2D eigenvalue weighted by Crippen LogP contribution is -2.35. The van der Waals surface area contributed by atoms with E-state index in [0.29, 0.717) is 19.5 Å². The molecule has 1 aliphatic rings. The number of rotatable bonds is 3. The molecule has 1 unspecified atom stereocenters. The minimum absolute atomic E-state index is 0.0692. The zero-order valence-corrected chi connectivity index (χ0v) is 12.5. The average Bonchev–Trinajstić information content (AvgIpc) is 2.72. The third kappa shape index (κ3) is 5.32. The number of hydrogen-bond acceptors (Lipinski definition) is 4. The standard InChI is InChI=1S/C14H24N2O3/c1-14(2,3)19-13(18)16-9-6-11(10-16)12(17)7-8-15(4)5/h7-8,11H,6,9-10H2,1-5H3/b8-7-. The van der Waals surface area contributed by atoms with Gasteiger partial charge in [0.1, 0.15) is 5.60 Å². The summed E-state index contributed by atoms with van der Waals surface area (Å²) in [7, 11) is 3.73. The lowest BCUT2D eigenvalue weighted by molar-refractivity contribution is -0.117. The van der Waals surface area contributed by atoms with Crippen LogP contribution in [0.5, 0.6) is 0 Å². The number of allylic oxidation sites excluding steroid dienone is 1. The molecule has 1 aliphatic heterocycles. The molecule has 5 nitrogen and oxygen atoms in total. The zero-order chi connectivity index (χ0) is 14.6. The lowest BCUT2D eigenvalue weighted by Gasteiger charge is -2.24. The van der Waals surface area contributed by atoms with Gasteiger partial charge in [0.05, 0.1) is 0 Å². The molecule has 1 amide bonds. The van der Waals surface area contributed by atoms with E-state index in [1.54, 1.807) is 17.2 Å². The lowest BCUT2D eigenvalue weighted by atomic mass is 10.0. The molecule has 0 spiro atoms. The van der Waals surface area contributed by atoms with Gasteiger partial charge in [0, 0.05) is 39.3 Å². The first kappa shape index (κ1) is 15.5. The highest BCUT2D eigenvalue weighted by Gasteiger charge is 2.32. The van der Waals surface area contributed by atoms with Gasteiger partial charge in [-0.2, -0.15) is 0 Å². The monoisotopic (exact) mass is 268 g/mol. The highest BCUT2D eigenvalue weighted by Crippen LogP contribution is 2.20. The summed E-state index contributed by atoms with van der Waals surface area (Å²) >= 11 is 0. The molecule has 19 heavy (non-hydrogen) atoms. The number of amides is 1. The molecule has 0 radical (unpaired) electrons. The molecule has 1 fully saturated rings. The van der Waals surface area contributed by atoms with Gasteiger partial charge in [0.15, 0.2) is 5.78 Å². The maximum absolute atomic E-state index is 11.9. The van der Waals surface area contributed by atoms with Crippen LogP contribution in [0.15, 0.2) is 12.3 Å². The Labute approximate surface area is 115 Å². The van der Waals surface area contributed by atoms with Crippen molar-refractivity contribution in [3.63, 3.8) is 0 Å². The van der Waals surface area contributed by atoms with Crippen LogP contribution in [0.4, 0.5) is 4.79 Å². The van der Waals surface area contributed by atoms with E-state index in [4.69, 9.17) is 4.74 Å². The summed E-state index contributed by atoms with van der Waals surface area (Å²) in [5, 5.41) is 0. The van der Waals surface area contributed by atoms with Crippen LogP contribution in [0.2, 0.25) is 0 Å². The Bertz CT molecular complexity index is 369. The quantitative estimate of drug-likeness (QED) is 0.733. The second-order valence-electron chi connectivity index (χ2n) is 6.09. The minimum Gasteiger partial charge on any atom is -0.444 e. The molecular weight excluding hydrogens is 244 g/mol. The summed E-state index contributed by atoms with van der Waals surface area (Å²) in [5.41, 5.74) is -0.496. The van der Waals surface area contributed by atoms with E-state index in [1.807, 2.05) is 39.8 Å². The summed E-state index contributed by atoms with van der Waals surface area (Å²) in [6.45, 7) is 6.54. The summed E-state index contributed by atoms with van der Waals surface area (Å²) in [5.74, 6) is -0.0384. The highest BCUT2D eigenvalue weighted by atomic mass is 16.6. The molecule has 1 rings (SSSR count). The van der Waals surface area contributed by atoms with Crippen molar-refractivity contribution < 1.29 is 14.3 Å². The van der Waals surface area contributed by atoms with Gasteiger partial charge >= 0.3 is 6.09 Å². The van der Waals surface area contributed by atoms with Crippen LogP contribution in [-0.2, 0) is 9.53 Å². The van der Waals surface area contributed by atoms with E-state index in [2.05, 4.69) is 0 Å². The van der Waals surface area contributed by atoms with Crippen molar-refractivity contribution in [3.8, 4) is 0 Å². The fourth-order valence-corrected chi connectivity index (χ4v) is 1.84. The van der Waals surface area contributed by atoms with Crippen LogP contribution in [0.25, 0.3) is 0 Å². The molecule has 0 saturated carbocycles. The Morgan fingerprint density at radius 1 is 1.32 bits per heavy atom. The van der Waals surface area contributed by atoms with Crippen LogP contribution in [0.1, 0.15) is 27.2 Å². The van der Waals surface area contributed by atoms with Gasteiger partial charge in [-0.1, -0.05) is 0 Å². The number of ketones is 1. The van der Waals surface area contributed by atoms with E-state index >= 15 is 0 Å². The van der Waals surface area contributed by atoms with Crippen molar-refractivity contribution >= 4 is 11.9 Å². The molecule has 0 aromatic heterocycles. The van der Waals surface area contributed by atoms with Crippen molar-refractivity contribution in [1.29, 1.82) is 0 Å². The summed E-state index contributed by atoms with van der Waals surface area (Å²) in [6, 6.07) is 0. The number of hydrogen-bond donors (Lipinski definition) is 0. The molecule has 0 aromatic carbocycles. The van der Waals surface area contributed by atoms with Crippen molar-refractivity contribution in [2.24, 2.45) is 5.92 Å². The number of carbonyl (C=O) groups is 2. The molecule has 1 atom stereocenters. The van der Waals surface area contributed by atoms with Gasteiger partial charge in [-0.15, -0.1) is 0 Å². The van der Waals surface area contributed by atoms with Gasteiger partial charge in [0.25, 0.3) is 0 Å². The van der Waals surface area contributed by atoms with Gasteiger partial charge in [0.2, 0.25) is 0 Å². The summed E-state index contributed by atoms with van der Waals surface area (Å²) in [4.78, 5) is 27.2. The smallest absolute Gasteiger partial charge is 0.410 e. The number of likely N-dealkylation sites (tertiary alicyclic amines) is 1. The first-order valence-electron chi connectivity index (χ1n) is 6.55. The van der Waals surface area contributed by atoms with Gasteiger partial charge in [-0.05, 0) is 33.3 Å². The first-order valence-corrected chi connectivity index (χ1v) is 6.55. The maximum Gasteiger partial charge on any atom is 0.410 e. The molecular formula is C14H24N2O3. The third-order valence-electron chi connectivity index (χ3n) is 2.78. The van der Waals surface area contributed by atoms with Crippen molar-refractivity contribution in [2.45, 2.75) is 32.8 Å². The Morgan fingerprint density at radius 2 is 1.95 bits per heavy atom. The van der Waals surface area contributed by atoms with Crippen molar-refractivity contribution in [3.05, 3.63) is 12.3 Å². The molecule has 5 heteroatoms. The SMILES string of the molecule is CN(C)/C=C\C(=O)C1CCN(C(=O)OC(C)(C)C)C1. The first-order chi connectivity index (χ1) is 8.69. The second-order valence-corrected chi connectivity index (χ2v) is 6.09.